The van der Waals surface area contributed by atoms with Gasteiger partial charge in [0.2, 0.25) is 5.89 Å². The number of hydrogen-bond acceptors (Lipinski definition) is 5. The quantitative estimate of drug-likeness (QED) is 0.710. The largest absolute Gasteiger partial charge is 0.339 e. The van der Waals surface area contributed by atoms with E-state index >= 15 is 0 Å². The van der Waals surface area contributed by atoms with Crippen LogP contribution in [-0.2, 0) is 11.2 Å². The van der Waals surface area contributed by atoms with Gasteiger partial charge in [0.05, 0.1) is 5.75 Å². The topological polar surface area (TPSA) is 56.0 Å². The summed E-state index contributed by atoms with van der Waals surface area (Å²) < 4.78 is 5.01. The summed E-state index contributed by atoms with van der Waals surface area (Å²) in [6.07, 6.45) is 0.748. The lowest BCUT2D eigenvalue weighted by atomic mass is 10.1. The predicted octanol–water partition coefficient (Wildman–Crippen LogP) is 1.03. The molecule has 4 nitrogen and oxygen atoms in total. The Morgan fingerprint density at radius 1 is 1.69 bits per heavy atom. The zero-order valence-corrected chi connectivity index (χ0v) is 8.13. The molecule has 70 valence electrons. The SMILES string of the molecule is CCc1noc(C2CSCC2=O)n1. The maximum atomic E-state index is 11.3. The van der Waals surface area contributed by atoms with Crippen LogP contribution in [0.25, 0.3) is 0 Å². The van der Waals surface area contributed by atoms with Gasteiger partial charge < -0.3 is 4.52 Å². The van der Waals surface area contributed by atoms with Crippen molar-refractivity contribution < 1.29 is 9.32 Å². The summed E-state index contributed by atoms with van der Waals surface area (Å²) in [6.45, 7) is 1.96. The molecule has 13 heavy (non-hydrogen) atoms. The summed E-state index contributed by atoms with van der Waals surface area (Å²) in [5.41, 5.74) is 0. The number of ketones is 1. The number of hydrogen-bond donors (Lipinski definition) is 0. The van der Waals surface area contributed by atoms with Crippen LogP contribution in [0.3, 0.4) is 0 Å². The van der Waals surface area contributed by atoms with E-state index in [0.29, 0.717) is 17.5 Å². The Morgan fingerprint density at radius 2 is 2.54 bits per heavy atom. The van der Waals surface area contributed by atoms with Gasteiger partial charge in [-0.05, 0) is 0 Å². The fourth-order valence-corrected chi connectivity index (χ4v) is 2.32. The Labute approximate surface area is 80.1 Å². The molecular formula is C8H10N2O2S. The zero-order valence-electron chi connectivity index (χ0n) is 7.32. The molecule has 0 aliphatic carbocycles. The third kappa shape index (κ3) is 1.60. The van der Waals surface area contributed by atoms with Crippen molar-refractivity contribution >= 4 is 17.5 Å². The van der Waals surface area contributed by atoms with Crippen LogP contribution in [0, 0.1) is 0 Å². The highest BCUT2D eigenvalue weighted by Gasteiger charge is 2.31. The lowest BCUT2D eigenvalue weighted by Crippen LogP contribution is -2.09. The number of carbonyl (C=O) groups is 1. The first kappa shape index (κ1) is 8.74. The number of carbonyl (C=O) groups excluding carboxylic acids is 1. The van der Waals surface area contributed by atoms with Crippen molar-refractivity contribution in [3.8, 4) is 0 Å². The third-order valence-electron chi connectivity index (χ3n) is 2.02. The highest BCUT2D eigenvalue weighted by atomic mass is 32.2. The van der Waals surface area contributed by atoms with E-state index in [4.69, 9.17) is 4.52 Å². The van der Waals surface area contributed by atoms with Gasteiger partial charge in [-0.2, -0.15) is 16.7 Å². The Bertz CT molecular complexity index is 324. The summed E-state index contributed by atoms with van der Waals surface area (Å²) in [5.74, 6) is 2.58. The maximum Gasteiger partial charge on any atom is 0.238 e. The third-order valence-corrected chi connectivity index (χ3v) is 3.07. The number of nitrogens with zero attached hydrogens (tertiary/aromatic N) is 2. The molecule has 1 saturated heterocycles. The predicted molar refractivity (Wildman–Crippen MR) is 48.7 cm³/mol. The van der Waals surface area contributed by atoms with E-state index in [1.54, 1.807) is 11.8 Å². The van der Waals surface area contributed by atoms with E-state index in [2.05, 4.69) is 10.1 Å². The van der Waals surface area contributed by atoms with Crippen molar-refractivity contribution in [2.24, 2.45) is 0 Å². The molecule has 1 unspecified atom stereocenters. The molecule has 0 saturated carbocycles. The molecular weight excluding hydrogens is 188 g/mol. The second-order valence-corrected chi connectivity index (χ2v) is 3.97. The highest BCUT2D eigenvalue weighted by molar-refractivity contribution is 8.00. The van der Waals surface area contributed by atoms with Crippen molar-refractivity contribution in [1.82, 2.24) is 10.1 Å². The van der Waals surface area contributed by atoms with Crippen LogP contribution in [0.1, 0.15) is 24.6 Å². The molecule has 1 atom stereocenters. The van der Waals surface area contributed by atoms with E-state index in [-0.39, 0.29) is 11.7 Å². The summed E-state index contributed by atoms with van der Waals surface area (Å²) in [5, 5.41) is 3.77. The molecule has 0 bridgehead atoms. The molecule has 0 N–H and O–H groups in total. The van der Waals surface area contributed by atoms with Gasteiger partial charge in [0, 0.05) is 12.2 Å². The fraction of sp³-hybridized carbons (Fsp3) is 0.625. The summed E-state index contributed by atoms with van der Waals surface area (Å²) in [6, 6.07) is 0. The molecule has 0 aromatic carbocycles. The van der Waals surface area contributed by atoms with Crippen molar-refractivity contribution in [3.63, 3.8) is 0 Å². The molecule has 5 heteroatoms. The Balaban J connectivity index is 2.19. The lowest BCUT2D eigenvalue weighted by molar-refractivity contribution is -0.117. The summed E-state index contributed by atoms with van der Waals surface area (Å²) in [4.78, 5) is 15.5. The van der Waals surface area contributed by atoms with E-state index in [1.165, 1.54) is 0 Å². The Morgan fingerprint density at radius 3 is 3.08 bits per heavy atom. The molecule has 1 fully saturated rings. The van der Waals surface area contributed by atoms with Gasteiger partial charge in [-0.15, -0.1) is 0 Å². The Kier molecular flexibility index (Phi) is 2.35. The molecule has 1 aromatic heterocycles. The van der Waals surface area contributed by atoms with Crippen molar-refractivity contribution in [1.29, 1.82) is 0 Å². The normalized spacial score (nSPS) is 22.5. The molecule has 2 heterocycles. The van der Waals surface area contributed by atoms with Gasteiger partial charge in [0.1, 0.15) is 5.92 Å². The lowest BCUT2D eigenvalue weighted by Gasteiger charge is -1.97. The average Bonchev–Trinajstić information content (AvgIpc) is 2.71. The van der Waals surface area contributed by atoms with Crippen molar-refractivity contribution in [3.05, 3.63) is 11.7 Å². The first-order valence-corrected chi connectivity index (χ1v) is 5.39. The number of thioether (sulfide) groups is 1. The number of rotatable bonds is 2. The van der Waals surface area contributed by atoms with Crippen molar-refractivity contribution in [2.75, 3.05) is 11.5 Å². The number of aromatic nitrogens is 2. The van der Waals surface area contributed by atoms with Gasteiger partial charge in [-0.3, -0.25) is 4.79 Å². The smallest absolute Gasteiger partial charge is 0.238 e. The number of Topliss-reactive ketones (excluding diaryl/α,β-unsaturated/α-hetero) is 1. The second kappa shape index (κ2) is 3.49. The fourth-order valence-electron chi connectivity index (χ4n) is 1.23. The van der Waals surface area contributed by atoms with Crippen LogP contribution in [0.5, 0.6) is 0 Å². The minimum Gasteiger partial charge on any atom is -0.339 e. The molecule has 1 aromatic rings. The highest BCUT2D eigenvalue weighted by Crippen LogP contribution is 2.28. The van der Waals surface area contributed by atoms with Crippen LogP contribution < -0.4 is 0 Å². The van der Waals surface area contributed by atoms with Crippen LogP contribution in [0.15, 0.2) is 4.52 Å². The minimum absolute atomic E-state index is 0.155. The molecule has 0 radical (unpaired) electrons. The van der Waals surface area contributed by atoms with Crippen molar-refractivity contribution in [2.45, 2.75) is 19.3 Å². The van der Waals surface area contributed by atoms with Gasteiger partial charge in [-0.1, -0.05) is 12.1 Å². The summed E-state index contributed by atoms with van der Waals surface area (Å²) >= 11 is 1.62. The first-order valence-electron chi connectivity index (χ1n) is 4.24. The van der Waals surface area contributed by atoms with Crippen LogP contribution in [-0.4, -0.2) is 27.4 Å². The summed E-state index contributed by atoms with van der Waals surface area (Å²) in [7, 11) is 0. The minimum atomic E-state index is -0.155. The van der Waals surface area contributed by atoms with Crippen LogP contribution in [0.2, 0.25) is 0 Å². The van der Waals surface area contributed by atoms with E-state index in [9.17, 15) is 4.79 Å². The van der Waals surface area contributed by atoms with Crippen LogP contribution >= 0.6 is 11.8 Å². The molecule has 1 aliphatic rings. The maximum absolute atomic E-state index is 11.3. The van der Waals surface area contributed by atoms with Gasteiger partial charge in [-0.25, -0.2) is 0 Å². The van der Waals surface area contributed by atoms with E-state index in [1.807, 2.05) is 6.92 Å². The monoisotopic (exact) mass is 198 g/mol. The molecule has 2 rings (SSSR count). The molecule has 1 aliphatic heterocycles. The van der Waals surface area contributed by atoms with Gasteiger partial charge in [0.25, 0.3) is 0 Å². The number of aryl methyl sites for hydroxylation is 1. The second-order valence-electron chi connectivity index (χ2n) is 2.94. The molecule has 0 amide bonds. The average molecular weight is 198 g/mol. The van der Waals surface area contributed by atoms with E-state index < -0.39 is 0 Å². The van der Waals surface area contributed by atoms with Gasteiger partial charge in [0.15, 0.2) is 11.6 Å². The van der Waals surface area contributed by atoms with E-state index in [0.717, 1.165) is 12.2 Å². The molecule has 0 spiro atoms. The Hall–Kier alpha value is -0.840. The van der Waals surface area contributed by atoms with Gasteiger partial charge >= 0.3 is 0 Å². The first-order chi connectivity index (χ1) is 6.31. The zero-order chi connectivity index (χ0) is 9.26. The standard InChI is InChI=1S/C8H10N2O2S/c1-2-7-9-8(12-10-7)5-3-13-4-6(5)11/h5H,2-4H2,1H3. The van der Waals surface area contributed by atoms with Crippen LogP contribution in [0.4, 0.5) is 0 Å².